The zero-order chi connectivity index (χ0) is 14.3. The van der Waals surface area contributed by atoms with Crippen LogP contribution in [-0.2, 0) is 4.79 Å². The van der Waals surface area contributed by atoms with Gasteiger partial charge in [0.05, 0.1) is 6.04 Å². The molecule has 0 aliphatic carbocycles. The van der Waals surface area contributed by atoms with Gasteiger partial charge in [-0.3, -0.25) is 9.69 Å². The summed E-state index contributed by atoms with van der Waals surface area (Å²) in [6.45, 7) is 12.7. The van der Waals surface area contributed by atoms with Crippen LogP contribution in [0.5, 0.6) is 0 Å². The van der Waals surface area contributed by atoms with Crippen LogP contribution in [-0.4, -0.2) is 67.6 Å². The quantitative estimate of drug-likeness (QED) is 0.719. The van der Waals surface area contributed by atoms with Crippen LogP contribution in [0.2, 0.25) is 0 Å². The number of rotatable bonds is 6. The number of nitrogens with two attached hydrogens (primary N) is 1. The first kappa shape index (κ1) is 16.4. The Morgan fingerprint density at radius 3 is 2.58 bits per heavy atom. The highest BCUT2D eigenvalue weighted by Crippen LogP contribution is 2.07. The maximum atomic E-state index is 12.1. The Hall–Kier alpha value is -0.650. The topological polar surface area (TPSA) is 61.6 Å². The molecule has 1 saturated heterocycles. The van der Waals surface area contributed by atoms with E-state index >= 15 is 0 Å². The van der Waals surface area contributed by atoms with Crippen molar-refractivity contribution in [2.24, 2.45) is 11.7 Å². The molecule has 1 atom stereocenters. The number of nitrogens with zero attached hydrogens (tertiary/aromatic N) is 2. The minimum absolute atomic E-state index is 0.0309. The number of hydrogen-bond acceptors (Lipinski definition) is 4. The molecule has 0 aromatic rings. The molecular formula is C14H30N4O. The van der Waals surface area contributed by atoms with Crippen molar-refractivity contribution in [3.63, 3.8) is 0 Å². The van der Waals surface area contributed by atoms with Crippen molar-refractivity contribution in [2.75, 3.05) is 45.8 Å². The van der Waals surface area contributed by atoms with Crippen molar-refractivity contribution in [1.29, 1.82) is 0 Å². The van der Waals surface area contributed by atoms with E-state index in [0.717, 1.165) is 45.7 Å². The van der Waals surface area contributed by atoms with E-state index in [1.807, 2.05) is 6.92 Å². The summed E-state index contributed by atoms with van der Waals surface area (Å²) in [5.74, 6) is 0.654. The molecule has 0 spiro atoms. The summed E-state index contributed by atoms with van der Waals surface area (Å²) in [5.41, 5.74) is 5.60. The van der Waals surface area contributed by atoms with Gasteiger partial charge in [-0.05, 0) is 25.8 Å². The van der Waals surface area contributed by atoms with Gasteiger partial charge in [0.2, 0.25) is 5.91 Å². The number of hydrogen-bond donors (Lipinski definition) is 2. The first-order chi connectivity index (χ1) is 9.04. The Morgan fingerprint density at radius 1 is 1.21 bits per heavy atom. The molecule has 0 aromatic heterocycles. The third kappa shape index (κ3) is 5.89. The lowest BCUT2D eigenvalue weighted by Crippen LogP contribution is -2.47. The Kier molecular flexibility index (Phi) is 7.34. The van der Waals surface area contributed by atoms with Gasteiger partial charge in [-0.25, -0.2) is 0 Å². The molecule has 1 heterocycles. The molecule has 1 aliphatic heterocycles. The standard InChI is InChI=1S/C14H30N4O/c1-12(2)11-16-14(19)13(3)18-7-4-6-17(8-5-15)9-10-18/h12-13H,4-11,15H2,1-3H3,(H,16,19). The van der Waals surface area contributed by atoms with Crippen molar-refractivity contribution >= 4 is 5.91 Å². The smallest absolute Gasteiger partial charge is 0.237 e. The number of nitrogens with one attached hydrogen (secondary N) is 1. The maximum Gasteiger partial charge on any atom is 0.237 e. The number of carbonyl (C=O) groups excluding carboxylic acids is 1. The van der Waals surface area contributed by atoms with Gasteiger partial charge in [-0.2, -0.15) is 0 Å². The normalized spacial score (nSPS) is 20.3. The molecule has 0 bridgehead atoms. The van der Waals surface area contributed by atoms with Crippen LogP contribution in [0.25, 0.3) is 0 Å². The summed E-state index contributed by atoms with van der Waals surface area (Å²) in [5, 5.41) is 3.02. The predicted octanol–water partition coefficient (Wildman–Crippen LogP) is 0.114. The van der Waals surface area contributed by atoms with E-state index in [4.69, 9.17) is 5.73 Å². The molecule has 1 aliphatic rings. The molecular weight excluding hydrogens is 240 g/mol. The second kappa shape index (κ2) is 8.51. The Labute approximate surface area is 117 Å². The number of carbonyl (C=O) groups is 1. The molecule has 112 valence electrons. The first-order valence-electron chi connectivity index (χ1n) is 7.48. The molecule has 3 N–H and O–H groups in total. The van der Waals surface area contributed by atoms with E-state index in [-0.39, 0.29) is 11.9 Å². The fourth-order valence-corrected chi connectivity index (χ4v) is 2.40. The van der Waals surface area contributed by atoms with Gasteiger partial charge >= 0.3 is 0 Å². The highest BCUT2D eigenvalue weighted by atomic mass is 16.2. The molecule has 5 heteroatoms. The van der Waals surface area contributed by atoms with Gasteiger partial charge in [0, 0.05) is 39.3 Å². The van der Waals surface area contributed by atoms with Gasteiger partial charge in [0.1, 0.15) is 0 Å². The summed E-state index contributed by atoms with van der Waals surface area (Å²) in [6.07, 6.45) is 1.11. The summed E-state index contributed by atoms with van der Waals surface area (Å²) < 4.78 is 0. The molecule has 0 radical (unpaired) electrons. The summed E-state index contributed by atoms with van der Waals surface area (Å²) in [6, 6.07) is -0.0309. The van der Waals surface area contributed by atoms with Crippen LogP contribution in [0.15, 0.2) is 0 Å². The van der Waals surface area contributed by atoms with E-state index < -0.39 is 0 Å². The van der Waals surface area contributed by atoms with Crippen LogP contribution >= 0.6 is 0 Å². The molecule has 0 saturated carbocycles. The van der Waals surface area contributed by atoms with Crippen molar-refractivity contribution in [3.8, 4) is 0 Å². The largest absolute Gasteiger partial charge is 0.354 e. The SMILES string of the molecule is CC(C)CNC(=O)C(C)N1CCCN(CCN)CC1. The second-order valence-corrected chi connectivity index (χ2v) is 5.83. The van der Waals surface area contributed by atoms with E-state index in [9.17, 15) is 4.79 Å². The molecule has 1 fully saturated rings. The second-order valence-electron chi connectivity index (χ2n) is 5.83. The molecule has 1 rings (SSSR count). The highest BCUT2D eigenvalue weighted by Gasteiger charge is 2.23. The van der Waals surface area contributed by atoms with Crippen molar-refractivity contribution in [3.05, 3.63) is 0 Å². The predicted molar refractivity (Wildman–Crippen MR) is 79.0 cm³/mol. The van der Waals surface area contributed by atoms with E-state index in [2.05, 4.69) is 29.0 Å². The average molecular weight is 270 g/mol. The van der Waals surface area contributed by atoms with E-state index in [1.165, 1.54) is 0 Å². The van der Waals surface area contributed by atoms with Crippen LogP contribution in [0.1, 0.15) is 27.2 Å². The monoisotopic (exact) mass is 270 g/mol. The Balaban J connectivity index is 2.39. The van der Waals surface area contributed by atoms with Gasteiger partial charge in [-0.15, -0.1) is 0 Å². The fraction of sp³-hybridized carbons (Fsp3) is 0.929. The van der Waals surface area contributed by atoms with Crippen molar-refractivity contribution in [1.82, 2.24) is 15.1 Å². The van der Waals surface area contributed by atoms with Crippen LogP contribution in [0.3, 0.4) is 0 Å². The molecule has 19 heavy (non-hydrogen) atoms. The van der Waals surface area contributed by atoms with E-state index in [1.54, 1.807) is 0 Å². The lowest BCUT2D eigenvalue weighted by Gasteiger charge is -2.27. The first-order valence-corrected chi connectivity index (χ1v) is 7.48. The summed E-state index contributed by atoms with van der Waals surface area (Å²) in [4.78, 5) is 16.8. The Bertz CT molecular complexity index is 270. The fourth-order valence-electron chi connectivity index (χ4n) is 2.40. The maximum absolute atomic E-state index is 12.1. The lowest BCUT2D eigenvalue weighted by molar-refractivity contribution is -0.126. The van der Waals surface area contributed by atoms with Crippen LogP contribution < -0.4 is 11.1 Å². The molecule has 1 unspecified atom stereocenters. The average Bonchev–Trinajstić information content (AvgIpc) is 2.61. The minimum Gasteiger partial charge on any atom is -0.354 e. The third-order valence-corrected chi connectivity index (χ3v) is 3.68. The van der Waals surface area contributed by atoms with Gasteiger partial charge < -0.3 is 16.0 Å². The van der Waals surface area contributed by atoms with Gasteiger partial charge in [0.15, 0.2) is 0 Å². The highest BCUT2D eigenvalue weighted by molar-refractivity contribution is 5.81. The summed E-state index contributed by atoms with van der Waals surface area (Å²) >= 11 is 0. The van der Waals surface area contributed by atoms with Crippen molar-refractivity contribution < 1.29 is 4.79 Å². The molecule has 1 amide bonds. The zero-order valence-electron chi connectivity index (χ0n) is 12.7. The third-order valence-electron chi connectivity index (χ3n) is 3.68. The summed E-state index contributed by atoms with van der Waals surface area (Å²) in [7, 11) is 0. The van der Waals surface area contributed by atoms with Crippen molar-refractivity contribution in [2.45, 2.75) is 33.2 Å². The zero-order valence-corrected chi connectivity index (χ0v) is 12.7. The van der Waals surface area contributed by atoms with E-state index in [0.29, 0.717) is 12.5 Å². The minimum atomic E-state index is -0.0309. The van der Waals surface area contributed by atoms with Crippen LogP contribution in [0.4, 0.5) is 0 Å². The lowest BCUT2D eigenvalue weighted by atomic mass is 10.2. The number of amides is 1. The van der Waals surface area contributed by atoms with Gasteiger partial charge in [0.25, 0.3) is 0 Å². The van der Waals surface area contributed by atoms with Crippen LogP contribution in [0, 0.1) is 5.92 Å². The van der Waals surface area contributed by atoms with Gasteiger partial charge in [-0.1, -0.05) is 13.8 Å². The molecule has 5 nitrogen and oxygen atoms in total. The Morgan fingerprint density at radius 2 is 1.95 bits per heavy atom. The molecule has 0 aromatic carbocycles.